The van der Waals surface area contributed by atoms with E-state index in [0.717, 1.165) is 0 Å². The Hall–Kier alpha value is -1.98. The van der Waals surface area contributed by atoms with Gasteiger partial charge in [-0.05, 0) is 13.8 Å². The predicted molar refractivity (Wildman–Crippen MR) is 77.2 cm³/mol. The van der Waals surface area contributed by atoms with Gasteiger partial charge in [-0.2, -0.15) is 4.98 Å². The number of hydrogen-bond acceptors (Lipinski definition) is 5. The van der Waals surface area contributed by atoms with Crippen molar-refractivity contribution < 1.29 is 4.74 Å². The van der Waals surface area contributed by atoms with Gasteiger partial charge in [-0.3, -0.25) is 9.36 Å². The largest absolute Gasteiger partial charge is 0.467 e. The summed E-state index contributed by atoms with van der Waals surface area (Å²) >= 11 is 0. The summed E-state index contributed by atoms with van der Waals surface area (Å²) in [7, 11) is 1.50. The molecule has 0 spiro atoms. The maximum Gasteiger partial charge on any atom is 0.318 e. The number of ether oxygens (including phenoxy) is 1. The van der Waals surface area contributed by atoms with Crippen LogP contribution in [0.4, 0.5) is 0 Å². The molecule has 0 atom stereocenters. The Morgan fingerprint density at radius 3 is 2.40 bits per heavy atom. The number of nitrogens with zero attached hydrogens (tertiary/aromatic N) is 4. The van der Waals surface area contributed by atoms with Crippen LogP contribution in [0.5, 0.6) is 6.01 Å². The van der Waals surface area contributed by atoms with E-state index >= 15 is 0 Å². The molecule has 6 heteroatoms. The van der Waals surface area contributed by atoms with Crippen molar-refractivity contribution in [3.8, 4) is 6.01 Å². The van der Waals surface area contributed by atoms with Crippen molar-refractivity contribution in [2.45, 2.75) is 46.1 Å². The van der Waals surface area contributed by atoms with Crippen LogP contribution in [0.1, 0.15) is 46.4 Å². The Kier molecular flexibility index (Phi) is 3.50. The molecule has 0 aliphatic heterocycles. The number of hydrogen-bond donors (Lipinski definition) is 0. The van der Waals surface area contributed by atoms with Gasteiger partial charge in [0, 0.05) is 11.5 Å². The summed E-state index contributed by atoms with van der Waals surface area (Å²) in [6.45, 7) is 9.80. The van der Waals surface area contributed by atoms with Crippen LogP contribution in [0.25, 0.3) is 11.2 Å². The summed E-state index contributed by atoms with van der Waals surface area (Å²) in [5.74, 6) is 0. The maximum absolute atomic E-state index is 12.7. The highest BCUT2D eigenvalue weighted by molar-refractivity contribution is 5.69. The smallest absolute Gasteiger partial charge is 0.318 e. The lowest BCUT2D eigenvalue weighted by molar-refractivity contribution is 0.380. The lowest BCUT2D eigenvalue weighted by atomic mass is 9.92. The van der Waals surface area contributed by atoms with Gasteiger partial charge in [-0.15, -0.1) is 0 Å². The number of rotatable bonds is 2. The Balaban J connectivity index is 2.91. The monoisotopic (exact) mass is 276 g/mol. The topological polar surface area (TPSA) is 69.9 Å². The van der Waals surface area contributed by atoms with Crippen LogP contribution in [-0.2, 0) is 5.41 Å². The van der Waals surface area contributed by atoms with E-state index in [1.807, 2.05) is 34.6 Å². The third-order valence-corrected chi connectivity index (χ3v) is 3.02. The fraction of sp³-hybridized carbons (Fsp3) is 0.571. The van der Waals surface area contributed by atoms with E-state index in [0.29, 0.717) is 16.9 Å². The summed E-state index contributed by atoms with van der Waals surface area (Å²) < 4.78 is 6.67. The fourth-order valence-electron chi connectivity index (χ4n) is 2.05. The van der Waals surface area contributed by atoms with Crippen LogP contribution < -0.4 is 10.3 Å². The predicted octanol–water partition coefficient (Wildman–Crippen LogP) is 2.07. The molecule has 0 saturated carbocycles. The van der Waals surface area contributed by atoms with Crippen molar-refractivity contribution >= 4 is 11.2 Å². The molecular weight excluding hydrogens is 256 g/mol. The van der Waals surface area contributed by atoms with Gasteiger partial charge in [0.15, 0.2) is 5.65 Å². The third-order valence-electron chi connectivity index (χ3n) is 3.02. The van der Waals surface area contributed by atoms with E-state index < -0.39 is 0 Å². The van der Waals surface area contributed by atoms with Crippen LogP contribution in [0.15, 0.2) is 11.0 Å². The SMILES string of the molecule is COc1ncc2nc(C(C)(C)C)c(=O)n(C(C)C)c2n1. The first-order valence-electron chi connectivity index (χ1n) is 6.59. The minimum atomic E-state index is -0.332. The molecule has 0 aliphatic carbocycles. The first-order valence-corrected chi connectivity index (χ1v) is 6.59. The minimum absolute atomic E-state index is 0.0197. The van der Waals surface area contributed by atoms with E-state index in [2.05, 4.69) is 15.0 Å². The molecule has 2 heterocycles. The van der Waals surface area contributed by atoms with Crippen LogP contribution in [0, 0.1) is 0 Å². The first kappa shape index (κ1) is 14.4. The highest BCUT2D eigenvalue weighted by Crippen LogP contribution is 2.21. The molecule has 0 bridgehead atoms. The Morgan fingerprint density at radius 2 is 1.90 bits per heavy atom. The molecule has 2 aromatic rings. The van der Waals surface area contributed by atoms with Crippen molar-refractivity contribution in [1.82, 2.24) is 19.5 Å². The molecule has 0 fully saturated rings. The molecule has 2 rings (SSSR count). The van der Waals surface area contributed by atoms with Gasteiger partial charge in [0.25, 0.3) is 5.56 Å². The zero-order chi connectivity index (χ0) is 15.1. The van der Waals surface area contributed by atoms with Crippen molar-refractivity contribution in [3.05, 3.63) is 22.2 Å². The maximum atomic E-state index is 12.7. The van der Waals surface area contributed by atoms with Crippen LogP contribution in [0.2, 0.25) is 0 Å². The average Bonchev–Trinajstić information content (AvgIpc) is 2.35. The highest BCUT2D eigenvalue weighted by Gasteiger charge is 2.24. The second-order valence-electron chi connectivity index (χ2n) is 6.04. The fourth-order valence-corrected chi connectivity index (χ4v) is 2.05. The molecule has 0 saturated heterocycles. The molecule has 0 aliphatic rings. The van der Waals surface area contributed by atoms with Gasteiger partial charge in [0.1, 0.15) is 11.2 Å². The molecule has 0 amide bonds. The number of methoxy groups -OCH3 is 1. The lowest BCUT2D eigenvalue weighted by Crippen LogP contribution is -2.33. The van der Waals surface area contributed by atoms with Gasteiger partial charge in [-0.1, -0.05) is 20.8 Å². The summed E-state index contributed by atoms with van der Waals surface area (Å²) in [4.78, 5) is 25.5. The van der Waals surface area contributed by atoms with E-state index in [1.165, 1.54) is 7.11 Å². The van der Waals surface area contributed by atoms with Gasteiger partial charge in [0.05, 0.1) is 13.3 Å². The van der Waals surface area contributed by atoms with Crippen LogP contribution in [0.3, 0.4) is 0 Å². The van der Waals surface area contributed by atoms with Crippen molar-refractivity contribution in [1.29, 1.82) is 0 Å². The van der Waals surface area contributed by atoms with Gasteiger partial charge in [-0.25, -0.2) is 9.97 Å². The lowest BCUT2D eigenvalue weighted by Gasteiger charge is -2.21. The average molecular weight is 276 g/mol. The van der Waals surface area contributed by atoms with Gasteiger partial charge >= 0.3 is 6.01 Å². The molecule has 6 nitrogen and oxygen atoms in total. The van der Waals surface area contributed by atoms with Gasteiger partial charge < -0.3 is 4.74 Å². The molecule has 0 radical (unpaired) electrons. The second kappa shape index (κ2) is 4.85. The normalized spacial score (nSPS) is 12.2. The van der Waals surface area contributed by atoms with E-state index in [9.17, 15) is 4.79 Å². The standard InChI is InChI=1S/C14H20N4O2/c1-8(2)18-11-9(7-15-13(17-11)20-6)16-10(12(18)19)14(3,4)5/h7-8H,1-6H3. The number of fused-ring (bicyclic) bond motifs is 1. The van der Waals surface area contributed by atoms with E-state index in [4.69, 9.17) is 4.74 Å². The minimum Gasteiger partial charge on any atom is -0.467 e. The molecule has 0 aromatic carbocycles. The quantitative estimate of drug-likeness (QED) is 0.839. The zero-order valence-corrected chi connectivity index (χ0v) is 12.8. The van der Waals surface area contributed by atoms with E-state index in [-0.39, 0.29) is 23.0 Å². The summed E-state index contributed by atoms with van der Waals surface area (Å²) in [5.41, 5.74) is 1.18. The van der Waals surface area contributed by atoms with Crippen LogP contribution in [-0.4, -0.2) is 26.6 Å². The summed E-state index contributed by atoms with van der Waals surface area (Å²) in [6, 6.07) is 0.213. The second-order valence-corrected chi connectivity index (χ2v) is 6.04. The van der Waals surface area contributed by atoms with Crippen molar-refractivity contribution in [2.75, 3.05) is 7.11 Å². The Morgan fingerprint density at radius 1 is 1.25 bits per heavy atom. The Labute approximate surface area is 117 Å². The van der Waals surface area contributed by atoms with E-state index in [1.54, 1.807) is 10.8 Å². The van der Waals surface area contributed by atoms with Crippen molar-refractivity contribution in [3.63, 3.8) is 0 Å². The zero-order valence-electron chi connectivity index (χ0n) is 12.8. The molecule has 0 N–H and O–H groups in total. The summed E-state index contributed by atoms with van der Waals surface area (Å²) in [5, 5.41) is 0. The van der Waals surface area contributed by atoms with Crippen LogP contribution >= 0.6 is 0 Å². The molecular formula is C14H20N4O2. The van der Waals surface area contributed by atoms with Crippen molar-refractivity contribution in [2.24, 2.45) is 0 Å². The van der Waals surface area contributed by atoms with Gasteiger partial charge in [0.2, 0.25) is 0 Å². The highest BCUT2D eigenvalue weighted by atomic mass is 16.5. The number of aromatic nitrogens is 4. The molecule has 2 aromatic heterocycles. The Bertz CT molecular complexity index is 699. The first-order chi connectivity index (χ1) is 9.25. The third kappa shape index (κ3) is 2.37. The molecule has 20 heavy (non-hydrogen) atoms. The molecule has 0 unspecified atom stereocenters. The molecule has 108 valence electrons. The summed E-state index contributed by atoms with van der Waals surface area (Å²) in [6.07, 6.45) is 1.59.